The molecule has 0 atom stereocenters. The molecule has 0 unspecified atom stereocenters. The first-order chi connectivity index (χ1) is 14.5. The van der Waals surface area contributed by atoms with Crippen molar-refractivity contribution in [2.45, 2.75) is 6.92 Å². The lowest BCUT2D eigenvalue weighted by Crippen LogP contribution is -2.17. The fourth-order valence-corrected chi connectivity index (χ4v) is 2.81. The van der Waals surface area contributed by atoms with Gasteiger partial charge in [-0.2, -0.15) is 0 Å². The molecule has 3 rings (SSSR count). The van der Waals surface area contributed by atoms with E-state index in [-0.39, 0.29) is 11.7 Å². The van der Waals surface area contributed by atoms with Gasteiger partial charge in [-0.3, -0.25) is 9.59 Å². The third kappa shape index (κ3) is 5.32. The number of ether oxygens (including phenoxy) is 1. The van der Waals surface area contributed by atoms with E-state index in [2.05, 4.69) is 10.6 Å². The van der Waals surface area contributed by atoms with Crippen LogP contribution < -0.4 is 15.4 Å². The molecule has 0 spiro atoms. The molecular formula is C24H21FN2O3. The normalized spacial score (nSPS) is 10.6. The Kier molecular flexibility index (Phi) is 6.60. The van der Waals surface area contributed by atoms with Crippen molar-refractivity contribution in [2.75, 3.05) is 17.7 Å². The van der Waals surface area contributed by atoms with Crippen molar-refractivity contribution >= 4 is 29.3 Å². The van der Waals surface area contributed by atoms with Crippen LogP contribution in [-0.4, -0.2) is 18.9 Å². The minimum Gasteiger partial charge on any atom is -0.497 e. The van der Waals surface area contributed by atoms with Gasteiger partial charge in [-0.1, -0.05) is 24.3 Å². The molecule has 3 aromatic carbocycles. The zero-order valence-corrected chi connectivity index (χ0v) is 16.6. The van der Waals surface area contributed by atoms with Crippen LogP contribution >= 0.6 is 0 Å². The van der Waals surface area contributed by atoms with Gasteiger partial charge in [0, 0.05) is 11.8 Å². The van der Waals surface area contributed by atoms with E-state index in [4.69, 9.17) is 4.74 Å². The molecule has 152 valence electrons. The number of aryl methyl sites for hydroxylation is 1. The molecule has 2 N–H and O–H groups in total. The van der Waals surface area contributed by atoms with Gasteiger partial charge in [0.25, 0.3) is 5.91 Å². The van der Waals surface area contributed by atoms with Crippen molar-refractivity contribution in [1.29, 1.82) is 0 Å². The monoisotopic (exact) mass is 404 g/mol. The van der Waals surface area contributed by atoms with Crippen LogP contribution in [0.4, 0.5) is 15.8 Å². The lowest BCUT2D eigenvalue weighted by Gasteiger charge is -2.12. The number of methoxy groups -OCH3 is 1. The number of hydrogen-bond donors (Lipinski definition) is 2. The number of anilines is 2. The summed E-state index contributed by atoms with van der Waals surface area (Å²) in [5.41, 5.74) is 2.62. The third-order valence-corrected chi connectivity index (χ3v) is 4.41. The van der Waals surface area contributed by atoms with Gasteiger partial charge in [0.1, 0.15) is 11.6 Å². The minimum atomic E-state index is -0.403. The van der Waals surface area contributed by atoms with Crippen molar-refractivity contribution in [2.24, 2.45) is 0 Å². The molecule has 0 aliphatic carbocycles. The maximum Gasteiger partial charge on any atom is 0.257 e. The maximum absolute atomic E-state index is 13.3. The lowest BCUT2D eigenvalue weighted by molar-refractivity contribution is -0.111. The second kappa shape index (κ2) is 9.52. The molecule has 0 saturated carbocycles. The van der Waals surface area contributed by atoms with Gasteiger partial charge >= 0.3 is 0 Å². The summed E-state index contributed by atoms with van der Waals surface area (Å²) in [7, 11) is 1.59. The van der Waals surface area contributed by atoms with Crippen LogP contribution in [-0.2, 0) is 4.79 Å². The van der Waals surface area contributed by atoms with Crippen LogP contribution in [0.3, 0.4) is 0 Å². The Bertz CT molecular complexity index is 1090. The average molecular weight is 404 g/mol. The molecule has 0 radical (unpaired) electrons. The summed E-state index contributed by atoms with van der Waals surface area (Å²) >= 11 is 0. The molecule has 0 saturated heterocycles. The Labute approximate surface area is 174 Å². The summed E-state index contributed by atoms with van der Waals surface area (Å²) in [6.45, 7) is 1.70. The number of carbonyl (C=O) groups excluding carboxylic acids is 2. The van der Waals surface area contributed by atoms with E-state index < -0.39 is 5.91 Å². The van der Waals surface area contributed by atoms with Crippen LogP contribution in [0.2, 0.25) is 0 Å². The molecule has 6 heteroatoms. The number of halogens is 1. The Hall–Kier alpha value is -3.93. The molecule has 3 aromatic rings. The number of benzene rings is 3. The van der Waals surface area contributed by atoms with E-state index in [1.54, 1.807) is 56.5 Å². The number of carbonyl (C=O) groups is 2. The molecule has 2 amide bonds. The number of nitrogens with one attached hydrogen (secondary N) is 2. The van der Waals surface area contributed by atoms with Crippen molar-refractivity contribution in [3.8, 4) is 5.75 Å². The Balaban J connectivity index is 1.71. The Morgan fingerprint density at radius 1 is 0.933 bits per heavy atom. The van der Waals surface area contributed by atoms with Crippen LogP contribution in [0.25, 0.3) is 6.08 Å². The SMILES string of the molecule is COc1ccc(/C=C/C(=O)Nc2ccccc2C(=O)Nc2ccc(F)cc2C)cc1. The van der Waals surface area contributed by atoms with Crippen LogP contribution in [0, 0.1) is 12.7 Å². The van der Waals surface area contributed by atoms with Crippen molar-refractivity contribution < 1.29 is 18.7 Å². The summed E-state index contributed by atoms with van der Waals surface area (Å²) in [6, 6.07) is 18.1. The predicted octanol–water partition coefficient (Wildman–Crippen LogP) is 5.05. The smallest absolute Gasteiger partial charge is 0.257 e. The molecular weight excluding hydrogens is 383 g/mol. The van der Waals surface area contributed by atoms with E-state index in [1.807, 2.05) is 12.1 Å². The quantitative estimate of drug-likeness (QED) is 0.565. The predicted molar refractivity (Wildman–Crippen MR) is 116 cm³/mol. The van der Waals surface area contributed by atoms with E-state index in [0.29, 0.717) is 22.5 Å². The van der Waals surface area contributed by atoms with Gasteiger partial charge in [0.15, 0.2) is 0 Å². The highest BCUT2D eigenvalue weighted by Crippen LogP contribution is 2.20. The van der Waals surface area contributed by atoms with Crippen LogP contribution in [0.1, 0.15) is 21.5 Å². The highest BCUT2D eigenvalue weighted by atomic mass is 19.1. The van der Waals surface area contributed by atoms with Crippen LogP contribution in [0.5, 0.6) is 5.75 Å². The first-order valence-electron chi connectivity index (χ1n) is 9.26. The minimum absolute atomic E-state index is 0.299. The second-order valence-electron chi connectivity index (χ2n) is 6.55. The van der Waals surface area contributed by atoms with E-state index in [1.165, 1.54) is 24.3 Å². The van der Waals surface area contributed by atoms with Gasteiger partial charge < -0.3 is 15.4 Å². The summed E-state index contributed by atoms with van der Waals surface area (Å²) in [4.78, 5) is 25.0. The molecule has 0 aromatic heterocycles. The van der Waals surface area contributed by atoms with Crippen LogP contribution in [0.15, 0.2) is 72.8 Å². The Morgan fingerprint density at radius 3 is 2.37 bits per heavy atom. The zero-order chi connectivity index (χ0) is 21.5. The lowest BCUT2D eigenvalue weighted by atomic mass is 10.1. The molecule has 0 bridgehead atoms. The first-order valence-corrected chi connectivity index (χ1v) is 9.26. The number of amides is 2. The van der Waals surface area contributed by atoms with Gasteiger partial charge in [0.05, 0.1) is 18.4 Å². The van der Waals surface area contributed by atoms with E-state index in [9.17, 15) is 14.0 Å². The standard InChI is InChI=1S/C24H21FN2O3/c1-16-15-18(25)10-13-21(16)27-24(29)20-5-3-4-6-22(20)26-23(28)14-9-17-7-11-19(30-2)12-8-17/h3-15H,1-2H3,(H,26,28)(H,27,29)/b14-9+. The molecule has 5 nitrogen and oxygen atoms in total. The van der Waals surface area contributed by atoms with E-state index >= 15 is 0 Å². The molecule has 30 heavy (non-hydrogen) atoms. The highest BCUT2D eigenvalue weighted by Gasteiger charge is 2.13. The number of hydrogen-bond acceptors (Lipinski definition) is 3. The zero-order valence-electron chi connectivity index (χ0n) is 16.6. The highest BCUT2D eigenvalue weighted by molar-refractivity contribution is 6.12. The van der Waals surface area contributed by atoms with Gasteiger partial charge in [-0.05, 0) is 66.6 Å². The first kappa shape index (κ1) is 20.8. The summed E-state index contributed by atoms with van der Waals surface area (Å²) in [5, 5.41) is 5.47. The average Bonchev–Trinajstić information content (AvgIpc) is 2.75. The summed E-state index contributed by atoms with van der Waals surface area (Å²) in [5.74, 6) is -0.418. The van der Waals surface area contributed by atoms with Crippen molar-refractivity contribution in [1.82, 2.24) is 0 Å². The van der Waals surface area contributed by atoms with Crippen molar-refractivity contribution in [3.63, 3.8) is 0 Å². The number of rotatable bonds is 6. The summed E-state index contributed by atoms with van der Waals surface area (Å²) < 4.78 is 18.4. The van der Waals surface area contributed by atoms with Crippen molar-refractivity contribution in [3.05, 3.63) is 95.3 Å². The maximum atomic E-state index is 13.3. The molecule has 0 aliphatic rings. The Morgan fingerprint density at radius 2 is 1.67 bits per heavy atom. The topological polar surface area (TPSA) is 67.4 Å². The van der Waals surface area contributed by atoms with Gasteiger partial charge in [-0.15, -0.1) is 0 Å². The third-order valence-electron chi connectivity index (χ3n) is 4.41. The van der Waals surface area contributed by atoms with Gasteiger partial charge in [0.2, 0.25) is 5.91 Å². The molecule has 0 heterocycles. The fourth-order valence-electron chi connectivity index (χ4n) is 2.81. The summed E-state index contributed by atoms with van der Waals surface area (Å²) in [6.07, 6.45) is 3.06. The molecule has 0 fully saturated rings. The van der Waals surface area contributed by atoms with Gasteiger partial charge in [-0.25, -0.2) is 4.39 Å². The second-order valence-corrected chi connectivity index (χ2v) is 6.55. The fraction of sp³-hybridized carbons (Fsp3) is 0.0833. The molecule has 0 aliphatic heterocycles. The largest absolute Gasteiger partial charge is 0.497 e. The van der Waals surface area contributed by atoms with E-state index in [0.717, 1.165) is 11.3 Å². The number of para-hydroxylation sites is 1.